The number of piperidine rings is 1. The molecule has 1 N–H and O–H groups in total. The van der Waals surface area contributed by atoms with Gasteiger partial charge in [-0.25, -0.2) is 8.42 Å². The zero-order chi connectivity index (χ0) is 21.9. The number of anilines is 1. The standard InChI is InChI=1S/C21H29N3O5S/c1-14(2)28-13-17-7-5-9-19(11-17)22-21(25)18-8-6-10-24(12-18)30(26,27)20-15(3)23-29-16(20)4/h5,7,9,11,14,18H,6,8,10,12-13H2,1-4H3,(H,22,25). The fraction of sp³-hybridized carbons (Fsp3) is 0.524. The lowest BCUT2D eigenvalue weighted by Crippen LogP contribution is -2.43. The van der Waals surface area contributed by atoms with Crippen molar-refractivity contribution in [3.8, 4) is 0 Å². The lowest BCUT2D eigenvalue weighted by atomic mass is 9.98. The summed E-state index contributed by atoms with van der Waals surface area (Å²) >= 11 is 0. The molecule has 0 spiro atoms. The highest BCUT2D eigenvalue weighted by Gasteiger charge is 2.36. The molecule has 0 aliphatic carbocycles. The molecule has 0 saturated carbocycles. The van der Waals surface area contributed by atoms with Gasteiger partial charge in [0.1, 0.15) is 10.6 Å². The van der Waals surface area contributed by atoms with Crippen molar-refractivity contribution in [2.24, 2.45) is 5.92 Å². The number of amides is 1. The zero-order valence-corrected chi connectivity index (χ0v) is 18.7. The SMILES string of the molecule is Cc1noc(C)c1S(=O)(=O)N1CCCC(C(=O)Nc2cccc(COC(C)C)c2)C1. The lowest BCUT2D eigenvalue weighted by molar-refractivity contribution is -0.120. The van der Waals surface area contributed by atoms with Crippen LogP contribution in [0.5, 0.6) is 0 Å². The predicted octanol–water partition coefficient (Wildman–Crippen LogP) is 3.26. The summed E-state index contributed by atoms with van der Waals surface area (Å²) in [5, 5.41) is 6.67. The number of aromatic nitrogens is 1. The second-order valence-electron chi connectivity index (χ2n) is 7.90. The van der Waals surface area contributed by atoms with Gasteiger partial charge in [-0.3, -0.25) is 4.79 Å². The molecule has 1 aliphatic heterocycles. The Morgan fingerprint density at radius 2 is 2.13 bits per heavy atom. The van der Waals surface area contributed by atoms with Gasteiger partial charge in [-0.1, -0.05) is 17.3 Å². The Hall–Kier alpha value is -2.23. The van der Waals surface area contributed by atoms with Gasteiger partial charge in [0.25, 0.3) is 0 Å². The van der Waals surface area contributed by atoms with Gasteiger partial charge in [0.15, 0.2) is 5.76 Å². The molecule has 0 bridgehead atoms. The number of carbonyl (C=O) groups is 1. The van der Waals surface area contributed by atoms with Crippen LogP contribution in [0.3, 0.4) is 0 Å². The number of benzene rings is 1. The van der Waals surface area contributed by atoms with Crippen LogP contribution in [0.1, 0.15) is 43.7 Å². The van der Waals surface area contributed by atoms with Crippen LogP contribution in [-0.2, 0) is 26.2 Å². The molecule has 1 atom stereocenters. The normalized spacial score (nSPS) is 18.0. The van der Waals surface area contributed by atoms with Crippen LogP contribution in [0.15, 0.2) is 33.7 Å². The number of ether oxygens (including phenoxy) is 1. The molecule has 164 valence electrons. The van der Waals surface area contributed by atoms with Crippen LogP contribution in [0.25, 0.3) is 0 Å². The Morgan fingerprint density at radius 1 is 1.37 bits per heavy atom. The molecule has 1 unspecified atom stereocenters. The van der Waals surface area contributed by atoms with Crippen molar-refractivity contribution in [2.45, 2.75) is 58.1 Å². The Bertz CT molecular complexity index is 980. The third-order valence-corrected chi connectivity index (χ3v) is 7.21. The molecule has 8 nitrogen and oxygen atoms in total. The van der Waals surface area contributed by atoms with E-state index in [0.717, 1.165) is 5.56 Å². The highest BCUT2D eigenvalue weighted by Crippen LogP contribution is 2.28. The summed E-state index contributed by atoms with van der Waals surface area (Å²) in [4.78, 5) is 12.9. The number of carbonyl (C=O) groups excluding carboxylic acids is 1. The van der Waals surface area contributed by atoms with E-state index < -0.39 is 15.9 Å². The molecule has 1 fully saturated rings. The molecular formula is C21H29N3O5S. The van der Waals surface area contributed by atoms with Crippen molar-refractivity contribution in [1.82, 2.24) is 9.46 Å². The Kier molecular flexibility index (Phi) is 6.95. The molecule has 1 aromatic heterocycles. The number of aryl methyl sites for hydroxylation is 2. The molecule has 1 aromatic carbocycles. The quantitative estimate of drug-likeness (QED) is 0.716. The van der Waals surface area contributed by atoms with Gasteiger partial charge in [0, 0.05) is 18.8 Å². The van der Waals surface area contributed by atoms with E-state index in [4.69, 9.17) is 9.26 Å². The van der Waals surface area contributed by atoms with Crippen LogP contribution in [0, 0.1) is 19.8 Å². The van der Waals surface area contributed by atoms with E-state index in [2.05, 4.69) is 10.5 Å². The first kappa shape index (κ1) is 22.5. The topological polar surface area (TPSA) is 102 Å². The van der Waals surface area contributed by atoms with Gasteiger partial charge < -0.3 is 14.6 Å². The van der Waals surface area contributed by atoms with E-state index in [9.17, 15) is 13.2 Å². The molecule has 9 heteroatoms. The van der Waals surface area contributed by atoms with Crippen molar-refractivity contribution in [1.29, 1.82) is 0 Å². The van der Waals surface area contributed by atoms with Gasteiger partial charge in [0.2, 0.25) is 15.9 Å². The highest BCUT2D eigenvalue weighted by atomic mass is 32.2. The van der Waals surface area contributed by atoms with E-state index >= 15 is 0 Å². The number of hydrogen-bond acceptors (Lipinski definition) is 6. The minimum absolute atomic E-state index is 0.0985. The third kappa shape index (κ3) is 5.08. The van der Waals surface area contributed by atoms with Crippen molar-refractivity contribution >= 4 is 21.6 Å². The molecule has 2 aromatic rings. The van der Waals surface area contributed by atoms with E-state index in [0.29, 0.717) is 37.4 Å². The Morgan fingerprint density at radius 3 is 2.80 bits per heavy atom. The van der Waals surface area contributed by atoms with E-state index in [-0.39, 0.29) is 29.2 Å². The Labute approximate surface area is 177 Å². The lowest BCUT2D eigenvalue weighted by Gasteiger charge is -2.31. The first-order chi connectivity index (χ1) is 14.2. The summed E-state index contributed by atoms with van der Waals surface area (Å²) in [6.45, 7) is 8.10. The van der Waals surface area contributed by atoms with Crippen LogP contribution >= 0.6 is 0 Å². The van der Waals surface area contributed by atoms with Crippen molar-refractivity contribution in [3.05, 3.63) is 41.3 Å². The van der Waals surface area contributed by atoms with Gasteiger partial charge >= 0.3 is 0 Å². The molecular weight excluding hydrogens is 406 g/mol. The first-order valence-electron chi connectivity index (χ1n) is 10.1. The first-order valence-corrected chi connectivity index (χ1v) is 11.6. The van der Waals surface area contributed by atoms with Crippen LogP contribution in [0.2, 0.25) is 0 Å². The van der Waals surface area contributed by atoms with Gasteiger partial charge in [-0.2, -0.15) is 4.31 Å². The fourth-order valence-corrected chi connectivity index (χ4v) is 5.41. The molecule has 1 saturated heterocycles. The largest absolute Gasteiger partial charge is 0.374 e. The minimum atomic E-state index is -3.76. The van der Waals surface area contributed by atoms with Crippen LogP contribution < -0.4 is 5.32 Å². The molecule has 1 aliphatic rings. The number of rotatable bonds is 7. The average Bonchev–Trinajstić information content (AvgIpc) is 3.05. The highest BCUT2D eigenvalue weighted by molar-refractivity contribution is 7.89. The van der Waals surface area contributed by atoms with Gasteiger partial charge in [0.05, 0.1) is 18.6 Å². The van der Waals surface area contributed by atoms with Crippen molar-refractivity contribution in [2.75, 3.05) is 18.4 Å². The maximum Gasteiger partial charge on any atom is 0.248 e. The number of nitrogens with one attached hydrogen (secondary N) is 1. The second-order valence-corrected chi connectivity index (χ2v) is 9.78. The fourth-order valence-electron chi connectivity index (χ4n) is 3.59. The molecule has 30 heavy (non-hydrogen) atoms. The van der Waals surface area contributed by atoms with Gasteiger partial charge in [-0.15, -0.1) is 0 Å². The van der Waals surface area contributed by atoms with Gasteiger partial charge in [-0.05, 0) is 58.2 Å². The van der Waals surface area contributed by atoms with Crippen molar-refractivity contribution < 1.29 is 22.5 Å². The number of hydrogen-bond donors (Lipinski definition) is 1. The predicted molar refractivity (Wildman–Crippen MR) is 112 cm³/mol. The van der Waals surface area contributed by atoms with E-state index in [1.807, 2.05) is 38.1 Å². The maximum absolute atomic E-state index is 13.1. The molecule has 1 amide bonds. The second kappa shape index (κ2) is 9.28. The third-order valence-electron chi connectivity index (χ3n) is 5.10. The minimum Gasteiger partial charge on any atom is -0.374 e. The van der Waals surface area contributed by atoms with Crippen LogP contribution in [-0.4, -0.2) is 43.0 Å². The number of nitrogens with zero attached hydrogens (tertiary/aromatic N) is 2. The maximum atomic E-state index is 13.1. The van der Waals surface area contributed by atoms with Crippen molar-refractivity contribution in [3.63, 3.8) is 0 Å². The van der Waals surface area contributed by atoms with Crippen LogP contribution in [0.4, 0.5) is 5.69 Å². The molecule has 3 rings (SSSR count). The summed E-state index contributed by atoms with van der Waals surface area (Å²) in [6.07, 6.45) is 1.37. The summed E-state index contributed by atoms with van der Waals surface area (Å²) in [5.74, 6) is -0.348. The molecule has 2 heterocycles. The average molecular weight is 436 g/mol. The molecule has 0 radical (unpaired) electrons. The summed E-state index contributed by atoms with van der Waals surface area (Å²) in [7, 11) is -3.76. The van der Waals surface area contributed by atoms with E-state index in [1.165, 1.54) is 4.31 Å². The monoisotopic (exact) mass is 435 g/mol. The number of sulfonamides is 1. The zero-order valence-electron chi connectivity index (χ0n) is 17.8. The summed E-state index contributed by atoms with van der Waals surface area (Å²) in [6, 6.07) is 7.50. The smallest absolute Gasteiger partial charge is 0.248 e. The Balaban J connectivity index is 1.68. The van der Waals surface area contributed by atoms with E-state index in [1.54, 1.807) is 13.8 Å². The summed E-state index contributed by atoms with van der Waals surface area (Å²) < 4.78 is 38.1. The summed E-state index contributed by atoms with van der Waals surface area (Å²) in [5.41, 5.74) is 1.97.